The number of nitrogens with one attached hydrogen (secondary N) is 1. The highest BCUT2D eigenvalue weighted by Gasteiger charge is 2.35. The Morgan fingerprint density at radius 2 is 1.52 bits per heavy atom. The number of carbonyl (C=O) groups is 4. The van der Waals surface area contributed by atoms with Crippen molar-refractivity contribution in [1.82, 2.24) is 5.32 Å². The summed E-state index contributed by atoms with van der Waals surface area (Å²) >= 11 is 0. The van der Waals surface area contributed by atoms with Crippen LogP contribution in [-0.4, -0.2) is 80.9 Å². The monoisotopic (exact) mass is 698 g/mol. The number of ether oxygens (including phenoxy) is 3. The van der Waals surface area contributed by atoms with Gasteiger partial charge in [-0.1, -0.05) is 45.9 Å². The van der Waals surface area contributed by atoms with E-state index in [9.17, 15) is 32.0 Å². The van der Waals surface area contributed by atoms with Crippen molar-refractivity contribution in [2.75, 3.05) is 31.0 Å². The zero-order chi connectivity index (χ0) is 34.7. The van der Waals surface area contributed by atoms with Crippen LogP contribution in [0, 0.1) is 5.82 Å². The lowest BCUT2D eigenvalue weighted by molar-refractivity contribution is -0.149. The van der Waals surface area contributed by atoms with Gasteiger partial charge in [0.2, 0.25) is 0 Å². The van der Waals surface area contributed by atoms with Crippen LogP contribution >= 0.6 is 21.6 Å². The maximum atomic E-state index is 14.6. The van der Waals surface area contributed by atoms with Crippen molar-refractivity contribution in [2.24, 2.45) is 5.73 Å². The molecule has 15 heteroatoms. The van der Waals surface area contributed by atoms with Gasteiger partial charge in [0.05, 0.1) is 23.7 Å². The zero-order valence-corrected chi connectivity index (χ0v) is 28.9. The second-order valence-corrected chi connectivity index (χ2v) is 14.9. The van der Waals surface area contributed by atoms with Gasteiger partial charge in [-0.2, -0.15) is 0 Å². The van der Waals surface area contributed by atoms with Gasteiger partial charge in [-0.05, 0) is 63.1 Å². The number of nitrogens with two attached hydrogens (primary N) is 1. The molecule has 0 unspecified atom stereocenters. The molecule has 46 heavy (non-hydrogen) atoms. The summed E-state index contributed by atoms with van der Waals surface area (Å²) in [5, 5.41) is 2.67. The summed E-state index contributed by atoms with van der Waals surface area (Å²) in [5.41, 5.74) is 4.73. The Bertz CT molecular complexity index is 1540. The Balaban J connectivity index is 2.66. The minimum Gasteiger partial charge on any atom is -0.465 e. The molecule has 0 saturated heterocycles. The summed E-state index contributed by atoms with van der Waals surface area (Å²) in [4.78, 5) is 51.2. The highest BCUT2D eigenvalue weighted by Crippen LogP contribution is 2.38. The number of sulfone groups is 1. The van der Waals surface area contributed by atoms with Crippen LogP contribution in [0.3, 0.4) is 0 Å². The van der Waals surface area contributed by atoms with E-state index in [1.165, 1.54) is 74.0 Å². The van der Waals surface area contributed by atoms with Crippen molar-refractivity contribution in [1.29, 1.82) is 0 Å². The van der Waals surface area contributed by atoms with Crippen LogP contribution in [0.1, 0.15) is 45.7 Å². The molecule has 252 valence electrons. The number of amides is 1. The second kappa shape index (κ2) is 17.5. The highest BCUT2D eigenvalue weighted by molar-refractivity contribution is 8.76. The topological polar surface area (TPSA) is 168 Å². The fourth-order valence-corrected chi connectivity index (χ4v) is 7.19. The molecule has 0 spiro atoms. The van der Waals surface area contributed by atoms with Gasteiger partial charge in [0, 0.05) is 30.3 Å². The van der Waals surface area contributed by atoms with Crippen LogP contribution in [-0.2, 0) is 43.2 Å². The van der Waals surface area contributed by atoms with Gasteiger partial charge in [-0.3, -0.25) is 14.4 Å². The van der Waals surface area contributed by atoms with Gasteiger partial charge in [0.25, 0.3) is 5.91 Å². The third kappa shape index (κ3) is 11.4. The van der Waals surface area contributed by atoms with Gasteiger partial charge in [-0.15, -0.1) is 0 Å². The molecule has 2 aromatic carbocycles. The SMILES string of the molecule is CCOC(=O)[C@H](CSSC[C@H](N)C(=O)OCC)NC(=O)/C(=C(/c1ccc(S(C)(=O)=O)cc1)C(C)(C)OC(C)=O)c1cccc(F)c1. The van der Waals surface area contributed by atoms with Crippen molar-refractivity contribution in [3.05, 3.63) is 65.5 Å². The Labute approximate surface area is 276 Å². The normalized spacial score (nSPS) is 13.6. The van der Waals surface area contributed by atoms with Gasteiger partial charge >= 0.3 is 17.9 Å². The van der Waals surface area contributed by atoms with E-state index < -0.39 is 57.2 Å². The summed E-state index contributed by atoms with van der Waals surface area (Å²) in [7, 11) is -1.21. The molecule has 0 saturated carbocycles. The second-order valence-electron chi connectivity index (χ2n) is 10.4. The van der Waals surface area contributed by atoms with E-state index in [4.69, 9.17) is 19.9 Å². The van der Waals surface area contributed by atoms with E-state index in [1.807, 2.05) is 0 Å². The summed E-state index contributed by atoms with van der Waals surface area (Å²) < 4.78 is 54.6. The minimum atomic E-state index is -3.57. The zero-order valence-electron chi connectivity index (χ0n) is 26.5. The molecule has 2 rings (SSSR count). The first-order chi connectivity index (χ1) is 21.5. The molecule has 0 bridgehead atoms. The smallest absolute Gasteiger partial charge is 0.329 e. The number of carbonyl (C=O) groups excluding carboxylic acids is 4. The standard InChI is InChI=1S/C31H39FN2O9S3/c1-7-41-29(37)24(33)17-44-45-18-25(30(38)42-8-2)34-28(36)26(21-10-9-11-22(32)16-21)27(31(4,5)43-19(3)35)20-12-14-23(15-13-20)46(6,39)40/h9-16,24-25H,7-8,17-18,33H2,1-6H3,(H,34,36)/b27-26-/t24-,25-/m0/s1. The molecule has 0 aliphatic carbocycles. The molecule has 11 nitrogen and oxygen atoms in total. The van der Waals surface area contributed by atoms with Crippen LogP contribution in [0.2, 0.25) is 0 Å². The van der Waals surface area contributed by atoms with Gasteiger partial charge in [0.15, 0.2) is 9.84 Å². The van der Waals surface area contributed by atoms with E-state index in [-0.39, 0.29) is 46.3 Å². The summed E-state index contributed by atoms with van der Waals surface area (Å²) in [6, 6.07) is 8.66. The van der Waals surface area contributed by atoms with Crippen LogP contribution in [0.15, 0.2) is 53.4 Å². The van der Waals surface area contributed by atoms with Crippen LogP contribution in [0.5, 0.6) is 0 Å². The molecule has 0 aliphatic heterocycles. The minimum absolute atomic E-state index is 0.00689. The number of halogens is 1. The van der Waals surface area contributed by atoms with E-state index in [1.54, 1.807) is 13.8 Å². The van der Waals surface area contributed by atoms with Crippen molar-refractivity contribution in [3.63, 3.8) is 0 Å². The quantitative estimate of drug-likeness (QED) is 0.0651. The Hall–Kier alpha value is -3.40. The van der Waals surface area contributed by atoms with E-state index >= 15 is 0 Å². The van der Waals surface area contributed by atoms with Crippen LogP contribution < -0.4 is 11.1 Å². The third-order valence-electron chi connectivity index (χ3n) is 6.19. The fourth-order valence-electron chi connectivity index (χ4n) is 4.30. The first kappa shape index (κ1) is 38.8. The maximum Gasteiger partial charge on any atom is 0.329 e. The molecular weight excluding hydrogens is 660 g/mol. The first-order valence-electron chi connectivity index (χ1n) is 14.2. The number of hydrogen-bond donors (Lipinski definition) is 2. The van der Waals surface area contributed by atoms with Crippen molar-refractivity contribution >= 4 is 66.4 Å². The van der Waals surface area contributed by atoms with E-state index in [0.29, 0.717) is 5.56 Å². The van der Waals surface area contributed by atoms with Crippen molar-refractivity contribution in [3.8, 4) is 0 Å². The molecule has 0 heterocycles. The van der Waals surface area contributed by atoms with Gasteiger partial charge < -0.3 is 25.3 Å². The molecule has 0 radical (unpaired) electrons. The van der Waals surface area contributed by atoms with Crippen LogP contribution in [0.4, 0.5) is 4.39 Å². The molecular formula is C31H39FN2O9S3. The predicted molar refractivity (Wildman–Crippen MR) is 177 cm³/mol. The molecule has 3 N–H and O–H groups in total. The molecule has 0 aromatic heterocycles. The lowest BCUT2D eigenvalue weighted by Gasteiger charge is -2.31. The Morgan fingerprint density at radius 1 is 0.935 bits per heavy atom. The number of hydrogen-bond acceptors (Lipinski definition) is 12. The van der Waals surface area contributed by atoms with Crippen molar-refractivity contribution < 1.29 is 46.2 Å². The Kier molecular flexibility index (Phi) is 14.8. The van der Waals surface area contributed by atoms with Crippen molar-refractivity contribution in [2.45, 2.75) is 57.2 Å². The maximum absolute atomic E-state index is 14.6. The van der Waals surface area contributed by atoms with Gasteiger partial charge in [0.1, 0.15) is 23.5 Å². The summed E-state index contributed by atoms with van der Waals surface area (Å²) in [5.74, 6) is -3.28. The largest absolute Gasteiger partial charge is 0.465 e. The summed E-state index contributed by atoms with van der Waals surface area (Å²) in [6.07, 6.45) is 1.05. The number of benzene rings is 2. The lowest BCUT2D eigenvalue weighted by Crippen LogP contribution is -2.44. The fraction of sp³-hybridized carbons (Fsp3) is 0.419. The molecule has 2 aromatic rings. The molecule has 1 amide bonds. The number of rotatable bonds is 16. The van der Waals surface area contributed by atoms with E-state index in [2.05, 4.69) is 5.32 Å². The molecule has 0 fully saturated rings. The average molecular weight is 699 g/mol. The average Bonchev–Trinajstić information content (AvgIpc) is 2.96. The number of esters is 3. The molecule has 2 atom stereocenters. The highest BCUT2D eigenvalue weighted by atomic mass is 33.1. The first-order valence-corrected chi connectivity index (χ1v) is 18.5. The third-order valence-corrected chi connectivity index (χ3v) is 9.77. The summed E-state index contributed by atoms with van der Waals surface area (Å²) in [6.45, 7) is 7.73. The lowest BCUT2D eigenvalue weighted by atomic mass is 9.83. The Morgan fingerprint density at radius 3 is 2.07 bits per heavy atom. The van der Waals surface area contributed by atoms with Gasteiger partial charge in [-0.25, -0.2) is 17.6 Å². The molecule has 0 aliphatic rings. The van der Waals surface area contributed by atoms with E-state index in [0.717, 1.165) is 23.1 Å². The predicted octanol–water partition coefficient (Wildman–Crippen LogP) is 3.80. The van der Waals surface area contributed by atoms with Crippen LogP contribution in [0.25, 0.3) is 11.1 Å².